The third kappa shape index (κ3) is 2.09. The van der Waals surface area contributed by atoms with Crippen LogP contribution in [-0.4, -0.2) is 0 Å². The van der Waals surface area contributed by atoms with Gasteiger partial charge in [0.2, 0.25) is 0 Å². The fourth-order valence-electron chi connectivity index (χ4n) is 0.673. The minimum absolute atomic E-state index is 0.606. The van der Waals surface area contributed by atoms with Crippen molar-refractivity contribution in [2.24, 2.45) is 5.92 Å². The standard InChI is InChI=1S/C9H12O/c1-8(2)3-4-9-5-6-10-7-9/h3-8H,1-2H3/b4-3+. The number of furan rings is 1. The zero-order chi connectivity index (χ0) is 7.40. The Labute approximate surface area is 61.4 Å². The molecule has 0 radical (unpaired) electrons. The normalized spacial score (nSPS) is 11.5. The Morgan fingerprint density at radius 2 is 2.30 bits per heavy atom. The summed E-state index contributed by atoms with van der Waals surface area (Å²) < 4.78 is 4.90. The molecule has 0 amide bonds. The van der Waals surface area contributed by atoms with Crippen LogP contribution < -0.4 is 0 Å². The molecule has 10 heavy (non-hydrogen) atoms. The van der Waals surface area contributed by atoms with E-state index in [1.54, 1.807) is 12.5 Å². The second-order valence-corrected chi connectivity index (χ2v) is 2.66. The zero-order valence-corrected chi connectivity index (χ0v) is 6.37. The van der Waals surface area contributed by atoms with Crippen LogP contribution in [0.4, 0.5) is 0 Å². The molecule has 0 aliphatic carbocycles. The minimum Gasteiger partial charge on any atom is -0.472 e. The molecule has 0 unspecified atom stereocenters. The lowest BCUT2D eigenvalue weighted by Gasteiger charge is -1.90. The van der Waals surface area contributed by atoms with E-state index in [2.05, 4.69) is 26.0 Å². The number of hydrogen-bond acceptors (Lipinski definition) is 1. The van der Waals surface area contributed by atoms with E-state index in [4.69, 9.17) is 4.42 Å². The van der Waals surface area contributed by atoms with Crippen molar-refractivity contribution in [3.63, 3.8) is 0 Å². The van der Waals surface area contributed by atoms with Gasteiger partial charge in [0.05, 0.1) is 12.5 Å². The molecule has 0 spiro atoms. The van der Waals surface area contributed by atoms with E-state index in [9.17, 15) is 0 Å². The average Bonchev–Trinajstić information content (AvgIpc) is 2.34. The van der Waals surface area contributed by atoms with E-state index in [0.717, 1.165) is 5.56 Å². The van der Waals surface area contributed by atoms with Gasteiger partial charge in [-0.05, 0) is 12.0 Å². The highest BCUT2D eigenvalue weighted by molar-refractivity contribution is 5.46. The van der Waals surface area contributed by atoms with E-state index >= 15 is 0 Å². The fourth-order valence-corrected chi connectivity index (χ4v) is 0.673. The van der Waals surface area contributed by atoms with Crippen molar-refractivity contribution in [1.82, 2.24) is 0 Å². The summed E-state index contributed by atoms with van der Waals surface area (Å²) in [4.78, 5) is 0. The van der Waals surface area contributed by atoms with Gasteiger partial charge in [-0.2, -0.15) is 0 Å². The lowest BCUT2D eigenvalue weighted by Crippen LogP contribution is -1.75. The summed E-state index contributed by atoms with van der Waals surface area (Å²) in [5.74, 6) is 0.606. The summed E-state index contributed by atoms with van der Waals surface area (Å²) in [6, 6.07) is 1.94. The summed E-state index contributed by atoms with van der Waals surface area (Å²) in [6.45, 7) is 4.30. The Morgan fingerprint density at radius 1 is 1.50 bits per heavy atom. The SMILES string of the molecule is CC(C)/C=C/c1ccoc1. The molecule has 54 valence electrons. The molecular weight excluding hydrogens is 124 g/mol. The summed E-state index contributed by atoms with van der Waals surface area (Å²) in [7, 11) is 0. The fraction of sp³-hybridized carbons (Fsp3) is 0.333. The van der Waals surface area contributed by atoms with Crippen LogP contribution in [0.1, 0.15) is 19.4 Å². The van der Waals surface area contributed by atoms with Crippen LogP contribution in [0.3, 0.4) is 0 Å². The first kappa shape index (κ1) is 7.13. The third-order valence-electron chi connectivity index (χ3n) is 1.22. The number of rotatable bonds is 2. The van der Waals surface area contributed by atoms with Crippen LogP contribution in [0.2, 0.25) is 0 Å². The highest BCUT2D eigenvalue weighted by Gasteiger charge is 1.87. The predicted octanol–water partition coefficient (Wildman–Crippen LogP) is 2.95. The third-order valence-corrected chi connectivity index (χ3v) is 1.22. The van der Waals surface area contributed by atoms with Crippen molar-refractivity contribution in [2.75, 3.05) is 0 Å². The van der Waals surface area contributed by atoms with Gasteiger partial charge in [0.15, 0.2) is 0 Å². The predicted molar refractivity (Wildman–Crippen MR) is 42.6 cm³/mol. The zero-order valence-electron chi connectivity index (χ0n) is 6.37. The Balaban J connectivity index is 2.55. The van der Waals surface area contributed by atoms with Gasteiger partial charge in [0.25, 0.3) is 0 Å². The van der Waals surface area contributed by atoms with Crippen molar-refractivity contribution in [2.45, 2.75) is 13.8 Å². The van der Waals surface area contributed by atoms with Crippen LogP contribution in [0, 0.1) is 5.92 Å². The smallest absolute Gasteiger partial charge is 0.0974 e. The Kier molecular flexibility index (Phi) is 2.32. The molecule has 0 aromatic carbocycles. The van der Waals surface area contributed by atoms with Crippen molar-refractivity contribution in [3.8, 4) is 0 Å². The van der Waals surface area contributed by atoms with Gasteiger partial charge in [-0.1, -0.05) is 26.0 Å². The summed E-state index contributed by atoms with van der Waals surface area (Å²) in [5, 5.41) is 0. The summed E-state index contributed by atoms with van der Waals surface area (Å²) >= 11 is 0. The molecule has 0 saturated heterocycles. The molecule has 1 heterocycles. The molecule has 0 aliphatic heterocycles. The van der Waals surface area contributed by atoms with Crippen LogP contribution >= 0.6 is 0 Å². The molecule has 1 heteroatoms. The van der Waals surface area contributed by atoms with Crippen LogP contribution in [-0.2, 0) is 0 Å². The molecule has 0 aliphatic rings. The lowest BCUT2D eigenvalue weighted by atomic mass is 10.2. The van der Waals surface area contributed by atoms with Crippen LogP contribution in [0.25, 0.3) is 6.08 Å². The van der Waals surface area contributed by atoms with Gasteiger partial charge >= 0.3 is 0 Å². The maximum atomic E-state index is 4.90. The lowest BCUT2D eigenvalue weighted by molar-refractivity contribution is 0.567. The molecule has 0 fully saturated rings. The van der Waals surface area contributed by atoms with Gasteiger partial charge in [-0.3, -0.25) is 0 Å². The second kappa shape index (κ2) is 3.25. The summed E-state index contributed by atoms with van der Waals surface area (Å²) in [5.41, 5.74) is 1.13. The van der Waals surface area contributed by atoms with E-state index in [-0.39, 0.29) is 0 Å². The van der Waals surface area contributed by atoms with Crippen LogP contribution in [0.15, 0.2) is 29.1 Å². The molecule has 1 rings (SSSR count). The van der Waals surface area contributed by atoms with Crippen molar-refractivity contribution in [1.29, 1.82) is 0 Å². The molecule has 0 atom stereocenters. The quantitative estimate of drug-likeness (QED) is 0.609. The van der Waals surface area contributed by atoms with Gasteiger partial charge in [-0.15, -0.1) is 0 Å². The largest absolute Gasteiger partial charge is 0.472 e. The highest BCUT2D eigenvalue weighted by atomic mass is 16.3. The van der Waals surface area contributed by atoms with Gasteiger partial charge < -0.3 is 4.42 Å². The number of hydrogen-bond donors (Lipinski definition) is 0. The Bertz CT molecular complexity index is 195. The molecule has 1 aromatic heterocycles. The first-order valence-corrected chi connectivity index (χ1v) is 3.49. The van der Waals surface area contributed by atoms with Crippen LogP contribution in [0.5, 0.6) is 0 Å². The molecule has 1 nitrogen and oxygen atoms in total. The molecule has 0 N–H and O–H groups in total. The molecule has 0 saturated carbocycles. The van der Waals surface area contributed by atoms with E-state index in [1.807, 2.05) is 6.07 Å². The van der Waals surface area contributed by atoms with Gasteiger partial charge in [-0.25, -0.2) is 0 Å². The Morgan fingerprint density at radius 3 is 2.80 bits per heavy atom. The van der Waals surface area contributed by atoms with Crippen molar-refractivity contribution < 1.29 is 4.42 Å². The maximum Gasteiger partial charge on any atom is 0.0974 e. The summed E-state index contributed by atoms with van der Waals surface area (Å²) in [6.07, 6.45) is 7.62. The molecule has 1 aromatic rings. The first-order chi connectivity index (χ1) is 4.79. The molecule has 0 bridgehead atoms. The highest BCUT2D eigenvalue weighted by Crippen LogP contribution is 2.04. The monoisotopic (exact) mass is 136 g/mol. The van der Waals surface area contributed by atoms with Crippen molar-refractivity contribution in [3.05, 3.63) is 30.2 Å². The Hall–Kier alpha value is -0.980. The topological polar surface area (TPSA) is 13.1 Å². The molecular formula is C9H12O. The second-order valence-electron chi connectivity index (χ2n) is 2.66. The van der Waals surface area contributed by atoms with E-state index < -0.39 is 0 Å². The van der Waals surface area contributed by atoms with Gasteiger partial charge in [0.1, 0.15) is 0 Å². The van der Waals surface area contributed by atoms with E-state index in [0.29, 0.717) is 5.92 Å². The first-order valence-electron chi connectivity index (χ1n) is 3.49. The minimum atomic E-state index is 0.606. The van der Waals surface area contributed by atoms with Gasteiger partial charge in [0, 0.05) is 5.56 Å². The average molecular weight is 136 g/mol. The van der Waals surface area contributed by atoms with Crippen molar-refractivity contribution >= 4 is 6.08 Å². The van der Waals surface area contributed by atoms with E-state index in [1.165, 1.54) is 0 Å². The number of allylic oxidation sites excluding steroid dienone is 1. The maximum absolute atomic E-state index is 4.90.